The average Bonchev–Trinajstić information content (AvgIpc) is 3.09. The van der Waals surface area contributed by atoms with Gasteiger partial charge in [-0.15, -0.1) is 0 Å². The summed E-state index contributed by atoms with van der Waals surface area (Å²) in [7, 11) is 0. The van der Waals surface area contributed by atoms with Gasteiger partial charge in [-0.2, -0.15) is 4.98 Å². The minimum Gasteiger partial charge on any atom is -0.507 e. The van der Waals surface area contributed by atoms with Crippen molar-refractivity contribution in [3.63, 3.8) is 0 Å². The van der Waals surface area contributed by atoms with E-state index in [1.807, 2.05) is 12.3 Å². The Morgan fingerprint density at radius 2 is 1.56 bits per heavy atom. The third-order valence-electron chi connectivity index (χ3n) is 7.60. The third kappa shape index (κ3) is 6.70. The second-order valence-electron chi connectivity index (χ2n) is 12.9. The maximum absolute atomic E-state index is 11.1. The summed E-state index contributed by atoms with van der Waals surface area (Å²) in [6.45, 7) is 18.2. The molecule has 2 fully saturated rings. The first-order valence-electron chi connectivity index (χ1n) is 13.9. The van der Waals surface area contributed by atoms with Crippen LogP contribution in [0.2, 0.25) is 0 Å². The topological polar surface area (TPSA) is 64.5 Å². The lowest BCUT2D eigenvalue weighted by atomic mass is 9.78. The van der Waals surface area contributed by atoms with Crippen LogP contribution in [-0.2, 0) is 17.4 Å². The molecule has 36 heavy (non-hydrogen) atoms. The van der Waals surface area contributed by atoms with Crippen molar-refractivity contribution in [3.8, 4) is 5.75 Å². The summed E-state index contributed by atoms with van der Waals surface area (Å²) in [5.41, 5.74) is 3.14. The van der Waals surface area contributed by atoms with Gasteiger partial charge < -0.3 is 15.3 Å². The van der Waals surface area contributed by atoms with E-state index in [2.05, 4.69) is 73.8 Å². The molecule has 1 atom stereocenters. The molecule has 2 saturated heterocycles. The lowest BCUT2D eigenvalue weighted by Crippen LogP contribution is -2.42. The number of benzene rings is 1. The van der Waals surface area contributed by atoms with Crippen molar-refractivity contribution in [1.82, 2.24) is 14.9 Å². The van der Waals surface area contributed by atoms with E-state index in [1.54, 1.807) is 0 Å². The Bertz CT molecular complexity index is 980. The minimum absolute atomic E-state index is 0.109. The standard InChI is InChI=1S/C30H47N5O/c1-29(2,3)24-18-22(19-25(27(24)36)30(4,5)6)20-34-15-11-12-23(21-34)32-28-31-14-13-26(33-28)35-16-9-7-8-10-17-35/h13-14,18-19,23,36H,7-12,15-17,20-21H2,1-6H3,(H,31,32,33). The van der Waals surface area contributed by atoms with Gasteiger partial charge in [0.25, 0.3) is 0 Å². The number of likely N-dealkylation sites (tertiary alicyclic amines) is 1. The predicted molar refractivity (Wildman–Crippen MR) is 150 cm³/mol. The van der Waals surface area contributed by atoms with Gasteiger partial charge in [-0.1, -0.05) is 66.5 Å². The van der Waals surface area contributed by atoms with Crippen molar-refractivity contribution in [2.75, 3.05) is 36.4 Å². The minimum atomic E-state index is -0.109. The van der Waals surface area contributed by atoms with Crippen LogP contribution in [0.25, 0.3) is 0 Å². The molecule has 0 aliphatic carbocycles. The zero-order valence-corrected chi connectivity index (χ0v) is 23.4. The van der Waals surface area contributed by atoms with Crippen molar-refractivity contribution in [1.29, 1.82) is 0 Å². The summed E-state index contributed by atoms with van der Waals surface area (Å²) >= 11 is 0. The zero-order chi connectivity index (χ0) is 25.9. The summed E-state index contributed by atoms with van der Waals surface area (Å²) in [5, 5.41) is 14.7. The number of nitrogens with one attached hydrogen (secondary N) is 1. The van der Waals surface area contributed by atoms with Crippen LogP contribution in [0, 0.1) is 0 Å². The Labute approximate surface area is 218 Å². The van der Waals surface area contributed by atoms with Gasteiger partial charge in [0.15, 0.2) is 0 Å². The molecule has 1 aromatic carbocycles. The maximum atomic E-state index is 11.1. The van der Waals surface area contributed by atoms with E-state index in [0.717, 1.165) is 68.5 Å². The van der Waals surface area contributed by atoms with Crippen LogP contribution in [0.15, 0.2) is 24.4 Å². The summed E-state index contributed by atoms with van der Waals surface area (Å²) in [6, 6.07) is 6.82. The van der Waals surface area contributed by atoms with E-state index in [4.69, 9.17) is 4.98 Å². The molecule has 0 radical (unpaired) electrons. The number of hydrogen-bond acceptors (Lipinski definition) is 6. The highest BCUT2D eigenvalue weighted by Gasteiger charge is 2.28. The first kappa shape index (κ1) is 26.7. The van der Waals surface area contributed by atoms with Crippen LogP contribution in [0.1, 0.15) is 96.8 Å². The quantitative estimate of drug-likeness (QED) is 0.514. The molecule has 0 bridgehead atoms. The van der Waals surface area contributed by atoms with Crippen LogP contribution < -0.4 is 10.2 Å². The SMILES string of the molecule is CC(C)(C)c1cc(CN2CCCC(Nc3nccc(N4CCCCCC4)n3)C2)cc(C(C)(C)C)c1O. The van der Waals surface area contributed by atoms with Gasteiger partial charge in [0.05, 0.1) is 0 Å². The second-order valence-corrected chi connectivity index (χ2v) is 12.9. The van der Waals surface area contributed by atoms with Gasteiger partial charge in [0.1, 0.15) is 11.6 Å². The molecule has 2 N–H and O–H groups in total. The van der Waals surface area contributed by atoms with E-state index in [0.29, 0.717) is 11.8 Å². The molecule has 0 amide bonds. The second kappa shape index (κ2) is 11.0. The fraction of sp³-hybridized carbons (Fsp3) is 0.667. The molecule has 0 spiro atoms. The van der Waals surface area contributed by atoms with Crippen molar-refractivity contribution < 1.29 is 5.11 Å². The fourth-order valence-electron chi connectivity index (χ4n) is 5.58. The Balaban J connectivity index is 1.46. The third-order valence-corrected chi connectivity index (χ3v) is 7.60. The van der Waals surface area contributed by atoms with Gasteiger partial charge in [0.2, 0.25) is 5.95 Å². The number of hydrogen-bond donors (Lipinski definition) is 2. The maximum Gasteiger partial charge on any atom is 0.224 e. The van der Waals surface area contributed by atoms with E-state index < -0.39 is 0 Å². The average molecular weight is 494 g/mol. The first-order chi connectivity index (χ1) is 17.0. The highest BCUT2D eigenvalue weighted by atomic mass is 16.3. The molecule has 3 heterocycles. The highest BCUT2D eigenvalue weighted by molar-refractivity contribution is 5.50. The fourth-order valence-corrected chi connectivity index (χ4v) is 5.58. The molecule has 0 saturated carbocycles. The zero-order valence-electron chi connectivity index (χ0n) is 23.4. The van der Waals surface area contributed by atoms with E-state index in [1.165, 1.54) is 31.2 Å². The number of aromatic hydroxyl groups is 1. The highest BCUT2D eigenvalue weighted by Crippen LogP contribution is 2.40. The smallest absolute Gasteiger partial charge is 0.224 e. The van der Waals surface area contributed by atoms with Gasteiger partial charge in [-0.3, -0.25) is 4.90 Å². The summed E-state index contributed by atoms with van der Waals surface area (Å²) in [4.78, 5) is 14.4. The van der Waals surface area contributed by atoms with Crippen molar-refractivity contribution >= 4 is 11.8 Å². The molecule has 1 unspecified atom stereocenters. The largest absolute Gasteiger partial charge is 0.507 e. The number of nitrogens with zero attached hydrogens (tertiary/aromatic N) is 4. The van der Waals surface area contributed by atoms with Gasteiger partial charge in [-0.05, 0) is 65.8 Å². The number of phenolic OH excluding ortho intramolecular Hbond substituents is 1. The van der Waals surface area contributed by atoms with E-state index in [9.17, 15) is 5.11 Å². The Hall–Kier alpha value is -2.34. The molecule has 2 aromatic rings. The molecule has 198 valence electrons. The monoisotopic (exact) mass is 493 g/mol. The predicted octanol–water partition coefficient (Wildman–Crippen LogP) is 6.23. The molecule has 6 heteroatoms. The lowest BCUT2D eigenvalue weighted by Gasteiger charge is -2.34. The summed E-state index contributed by atoms with van der Waals surface area (Å²) in [5.74, 6) is 2.26. The van der Waals surface area contributed by atoms with Gasteiger partial charge in [-0.25, -0.2) is 4.98 Å². The van der Waals surface area contributed by atoms with Crippen molar-refractivity contribution in [2.24, 2.45) is 0 Å². The Morgan fingerprint density at radius 1 is 0.917 bits per heavy atom. The van der Waals surface area contributed by atoms with Crippen LogP contribution >= 0.6 is 0 Å². The molecule has 6 nitrogen and oxygen atoms in total. The van der Waals surface area contributed by atoms with Gasteiger partial charge >= 0.3 is 0 Å². The normalized spacial score (nSPS) is 20.3. The summed E-state index contributed by atoms with van der Waals surface area (Å²) in [6.07, 6.45) is 9.31. The molecule has 2 aliphatic rings. The number of aromatic nitrogens is 2. The Morgan fingerprint density at radius 3 is 2.17 bits per heavy atom. The lowest BCUT2D eigenvalue weighted by molar-refractivity contribution is 0.208. The van der Waals surface area contributed by atoms with Crippen molar-refractivity contribution in [3.05, 3.63) is 41.1 Å². The van der Waals surface area contributed by atoms with Crippen molar-refractivity contribution in [2.45, 2.75) is 103 Å². The number of anilines is 2. The van der Waals surface area contributed by atoms with Crippen LogP contribution in [0.5, 0.6) is 5.75 Å². The number of piperidine rings is 1. The van der Waals surface area contributed by atoms with E-state index >= 15 is 0 Å². The van der Waals surface area contributed by atoms with Crippen LogP contribution in [0.4, 0.5) is 11.8 Å². The summed E-state index contributed by atoms with van der Waals surface area (Å²) < 4.78 is 0. The van der Waals surface area contributed by atoms with Gasteiger partial charge in [0, 0.05) is 38.4 Å². The first-order valence-corrected chi connectivity index (χ1v) is 13.9. The molecular formula is C30H47N5O. The number of rotatable bonds is 5. The van der Waals surface area contributed by atoms with E-state index in [-0.39, 0.29) is 10.8 Å². The van der Waals surface area contributed by atoms with Crippen LogP contribution in [0.3, 0.4) is 0 Å². The van der Waals surface area contributed by atoms with Crippen LogP contribution in [-0.4, -0.2) is 52.2 Å². The number of phenols is 1. The molecular weight excluding hydrogens is 446 g/mol. The molecule has 2 aliphatic heterocycles. The molecule has 4 rings (SSSR count). The Kier molecular flexibility index (Phi) is 8.13. The molecule has 1 aromatic heterocycles.